The van der Waals surface area contributed by atoms with E-state index in [0.29, 0.717) is 0 Å². The third-order valence-corrected chi connectivity index (χ3v) is 4.81. The van der Waals surface area contributed by atoms with Crippen LogP contribution < -0.4 is 9.64 Å². The van der Waals surface area contributed by atoms with E-state index in [1.165, 1.54) is 11.1 Å². The summed E-state index contributed by atoms with van der Waals surface area (Å²) in [5.74, 6) is 1.97. The maximum atomic E-state index is 5.49. The maximum Gasteiger partial charge on any atom is 0.140 e. The van der Waals surface area contributed by atoms with Crippen LogP contribution in [0.15, 0.2) is 47.2 Å². The molecule has 0 unspecified atom stereocenters. The lowest BCUT2D eigenvalue weighted by atomic mass is 9.98. The van der Waals surface area contributed by atoms with E-state index in [1.807, 2.05) is 18.2 Å². The molecule has 23 heavy (non-hydrogen) atoms. The zero-order valence-electron chi connectivity index (χ0n) is 12.8. The Balaban J connectivity index is 1.77. The Kier molecular flexibility index (Phi) is 3.65. The molecule has 0 fully saturated rings. The molecule has 1 aromatic heterocycles. The summed E-state index contributed by atoms with van der Waals surface area (Å²) in [5, 5.41) is 1.08. The minimum absolute atomic E-state index is 0.838. The molecule has 0 bridgehead atoms. The van der Waals surface area contributed by atoms with Crippen LogP contribution in [0.4, 0.5) is 5.82 Å². The van der Waals surface area contributed by atoms with E-state index >= 15 is 0 Å². The first-order valence-electron chi connectivity index (χ1n) is 7.56. The Labute approximate surface area is 143 Å². The molecule has 0 spiro atoms. The Hall–Kier alpha value is -2.14. The number of ether oxygens (including phenoxy) is 1. The number of anilines is 1. The molecule has 0 saturated heterocycles. The summed E-state index contributed by atoms with van der Waals surface area (Å²) in [5.41, 5.74) is 3.58. The summed E-state index contributed by atoms with van der Waals surface area (Å²) in [6, 6.07) is 12.4. The fourth-order valence-electron chi connectivity index (χ4n) is 3.21. The van der Waals surface area contributed by atoms with Crippen LogP contribution in [-0.4, -0.2) is 23.6 Å². The lowest BCUT2D eigenvalue weighted by Gasteiger charge is -2.31. The number of benzene rings is 2. The van der Waals surface area contributed by atoms with Crippen molar-refractivity contribution in [3.05, 3.63) is 58.3 Å². The van der Waals surface area contributed by atoms with Gasteiger partial charge in [-0.25, -0.2) is 9.97 Å². The predicted octanol–water partition coefficient (Wildman–Crippen LogP) is 3.96. The van der Waals surface area contributed by atoms with Crippen LogP contribution in [0.2, 0.25) is 0 Å². The molecule has 0 aliphatic carbocycles. The third kappa shape index (κ3) is 2.55. The minimum atomic E-state index is 0.838. The van der Waals surface area contributed by atoms with Crippen LogP contribution in [0, 0.1) is 0 Å². The average molecular weight is 370 g/mol. The quantitative estimate of drug-likeness (QED) is 0.685. The van der Waals surface area contributed by atoms with Crippen molar-refractivity contribution in [1.82, 2.24) is 9.97 Å². The van der Waals surface area contributed by atoms with Crippen LogP contribution in [0.3, 0.4) is 0 Å². The Morgan fingerprint density at radius 3 is 2.96 bits per heavy atom. The van der Waals surface area contributed by atoms with Gasteiger partial charge in [0.1, 0.15) is 17.9 Å². The van der Waals surface area contributed by atoms with Crippen molar-refractivity contribution in [2.45, 2.75) is 13.0 Å². The third-order valence-electron chi connectivity index (χ3n) is 4.32. The van der Waals surface area contributed by atoms with Crippen molar-refractivity contribution in [1.29, 1.82) is 0 Å². The summed E-state index contributed by atoms with van der Waals surface area (Å²) < 4.78 is 6.53. The van der Waals surface area contributed by atoms with Gasteiger partial charge in [0.15, 0.2) is 0 Å². The highest BCUT2D eigenvalue weighted by Gasteiger charge is 2.21. The second-order valence-electron chi connectivity index (χ2n) is 5.63. The van der Waals surface area contributed by atoms with E-state index in [1.54, 1.807) is 13.4 Å². The molecule has 2 heterocycles. The number of nitrogens with zero attached hydrogens (tertiary/aromatic N) is 3. The fourth-order valence-corrected chi connectivity index (χ4v) is 3.57. The van der Waals surface area contributed by atoms with Crippen molar-refractivity contribution in [3.8, 4) is 5.75 Å². The van der Waals surface area contributed by atoms with E-state index in [0.717, 1.165) is 46.5 Å². The molecule has 0 N–H and O–H groups in total. The summed E-state index contributed by atoms with van der Waals surface area (Å²) in [7, 11) is 1.73. The lowest BCUT2D eigenvalue weighted by Crippen LogP contribution is -2.31. The van der Waals surface area contributed by atoms with Crippen molar-refractivity contribution >= 4 is 32.7 Å². The lowest BCUT2D eigenvalue weighted by molar-refractivity contribution is 0.407. The molecule has 0 amide bonds. The summed E-state index contributed by atoms with van der Waals surface area (Å²) >= 11 is 3.54. The van der Waals surface area contributed by atoms with E-state index < -0.39 is 0 Å². The second kappa shape index (κ2) is 5.81. The number of rotatable bonds is 2. The van der Waals surface area contributed by atoms with E-state index in [4.69, 9.17) is 4.74 Å². The molecule has 5 heteroatoms. The number of methoxy groups -OCH3 is 1. The number of halogens is 1. The predicted molar refractivity (Wildman–Crippen MR) is 95.0 cm³/mol. The van der Waals surface area contributed by atoms with Gasteiger partial charge in [0.25, 0.3) is 0 Å². The molecule has 116 valence electrons. The van der Waals surface area contributed by atoms with E-state index in [2.05, 4.69) is 49.0 Å². The van der Waals surface area contributed by atoms with Gasteiger partial charge in [-0.05, 0) is 36.2 Å². The van der Waals surface area contributed by atoms with Crippen molar-refractivity contribution in [2.24, 2.45) is 0 Å². The zero-order chi connectivity index (χ0) is 15.8. The number of fused-ring (bicyclic) bond motifs is 2. The van der Waals surface area contributed by atoms with Crippen molar-refractivity contribution in [3.63, 3.8) is 0 Å². The Morgan fingerprint density at radius 2 is 2.09 bits per heavy atom. The molecule has 3 aromatic rings. The van der Waals surface area contributed by atoms with Crippen LogP contribution >= 0.6 is 15.9 Å². The van der Waals surface area contributed by atoms with Crippen molar-refractivity contribution < 1.29 is 4.74 Å². The minimum Gasteiger partial charge on any atom is -0.496 e. The largest absolute Gasteiger partial charge is 0.496 e. The number of hydrogen-bond donors (Lipinski definition) is 0. The normalized spacial score (nSPS) is 13.9. The fraction of sp³-hybridized carbons (Fsp3) is 0.222. The van der Waals surface area contributed by atoms with Gasteiger partial charge in [0.05, 0.1) is 12.6 Å². The van der Waals surface area contributed by atoms with Gasteiger partial charge in [-0.3, -0.25) is 0 Å². The molecule has 1 aliphatic rings. The highest BCUT2D eigenvalue weighted by Crippen LogP contribution is 2.32. The summed E-state index contributed by atoms with van der Waals surface area (Å²) in [6.07, 6.45) is 2.60. The monoisotopic (exact) mass is 369 g/mol. The SMILES string of the molecule is COc1cccc2c1CCN(c1ncnc3ccc(Br)cc13)C2. The highest BCUT2D eigenvalue weighted by molar-refractivity contribution is 9.10. The highest BCUT2D eigenvalue weighted by atomic mass is 79.9. The van der Waals surface area contributed by atoms with Crippen molar-refractivity contribution in [2.75, 3.05) is 18.6 Å². The first kappa shape index (κ1) is 14.5. The molecular weight excluding hydrogens is 354 g/mol. The molecule has 0 atom stereocenters. The van der Waals surface area contributed by atoms with Gasteiger partial charge < -0.3 is 9.64 Å². The van der Waals surface area contributed by atoms with Crippen LogP contribution in [0.1, 0.15) is 11.1 Å². The van der Waals surface area contributed by atoms with Gasteiger partial charge in [0, 0.05) is 28.5 Å². The maximum absolute atomic E-state index is 5.49. The van der Waals surface area contributed by atoms with E-state index in [-0.39, 0.29) is 0 Å². The molecule has 4 rings (SSSR count). The molecule has 4 nitrogen and oxygen atoms in total. The zero-order valence-corrected chi connectivity index (χ0v) is 14.4. The molecule has 2 aromatic carbocycles. The first-order chi connectivity index (χ1) is 11.3. The van der Waals surface area contributed by atoms with Gasteiger partial charge in [-0.2, -0.15) is 0 Å². The molecular formula is C18H16BrN3O. The number of aromatic nitrogens is 2. The van der Waals surface area contributed by atoms with Gasteiger partial charge in [-0.15, -0.1) is 0 Å². The van der Waals surface area contributed by atoms with Gasteiger partial charge in [-0.1, -0.05) is 28.1 Å². The first-order valence-corrected chi connectivity index (χ1v) is 8.35. The summed E-state index contributed by atoms with van der Waals surface area (Å²) in [4.78, 5) is 11.2. The van der Waals surface area contributed by atoms with E-state index in [9.17, 15) is 0 Å². The van der Waals surface area contributed by atoms with Crippen LogP contribution in [0.25, 0.3) is 10.9 Å². The van der Waals surface area contributed by atoms with Gasteiger partial charge in [0.2, 0.25) is 0 Å². The van der Waals surface area contributed by atoms with Crippen LogP contribution in [-0.2, 0) is 13.0 Å². The standard InChI is InChI=1S/C18H16BrN3O/c1-23-17-4-2-3-12-10-22(8-7-14(12)17)18-15-9-13(19)5-6-16(15)20-11-21-18/h2-6,9,11H,7-8,10H2,1H3. The average Bonchev–Trinajstić information content (AvgIpc) is 2.60. The number of hydrogen-bond acceptors (Lipinski definition) is 4. The molecule has 0 radical (unpaired) electrons. The Bertz CT molecular complexity index is 881. The second-order valence-corrected chi connectivity index (χ2v) is 6.54. The van der Waals surface area contributed by atoms with Gasteiger partial charge >= 0.3 is 0 Å². The topological polar surface area (TPSA) is 38.2 Å². The van der Waals surface area contributed by atoms with Crippen LogP contribution in [0.5, 0.6) is 5.75 Å². The Morgan fingerprint density at radius 1 is 1.17 bits per heavy atom. The summed E-state index contributed by atoms with van der Waals surface area (Å²) in [6.45, 7) is 1.76. The smallest absolute Gasteiger partial charge is 0.140 e. The molecule has 0 saturated carbocycles. The molecule has 1 aliphatic heterocycles.